The van der Waals surface area contributed by atoms with Crippen LogP contribution >= 0.6 is 0 Å². The number of hydrogen-bond donors (Lipinski definition) is 0. The van der Waals surface area contributed by atoms with Crippen LogP contribution in [0.5, 0.6) is 0 Å². The van der Waals surface area contributed by atoms with E-state index in [1.807, 2.05) is 25.4 Å². The van der Waals surface area contributed by atoms with Gasteiger partial charge < -0.3 is 23.7 Å². The van der Waals surface area contributed by atoms with Gasteiger partial charge in [-0.2, -0.15) is 0 Å². The van der Waals surface area contributed by atoms with Crippen LogP contribution in [0.25, 0.3) is 44.0 Å². The number of benzene rings is 1. The van der Waals surface area contributed by atoms with Crippen LogP contribution in [0.15, 0.2) is 47.7 Å². The van der Waals surface area contributed by atoms with E-state index in [1.54, 1.807) is 44.9 Å². The van der Waals surface area contributed by atoms with Gasteiger partial charge in [0.1, 0.15) is 11.2 Å². The predicted molar refractivity (Wildman–Crippen MR) is 159 cm³/mol. The van der Waals surface area contributed by atoms with Gasteiger partial charge in [-0.15, -0.1) is 0 Å². The van der Waals surface area contributed by atoms with Gasteiger partial charge in [0.05, 0.1) is 28.8 Å². The van der Waals surface area contributed by atoms with Gasteiger partial charge in [0.25, 0.3) is 5.91 Å². The number of pyridine rings is 1. The number of carbonyl (C=O) groups excluding carboxylic acids is 2. The van der Waals surface area contributed by atoms with Crippen molar-refractivity contribution in [3.05, 3.63) is 58.6 Å². The highest BCUT2D eigenvalue weighted by molar-refractivity contribution is 5.98. The molecule has 0 unspecified atom stereocenters. The van der Waals surface area contributed by atoms with Crippen molar-refractivity contribution in [2.24, 2.45) is 18.1 Å². The van der Waals surface area contributed by atoms with Crippen molar-refractivity contribution in [1.82, 2.24) is 28.9 Å². The third-order valence-corrected chi connectivity index (χ3v) is 8.08. The third kappa shape index (κ3) is 5.14. The molecular formula is C30H35N9O3. The molecule has 12 nitrogen and oxygen atoms in total. The Balaban J connectivity index is 1.29. The number of aromatic nitrogens is 4. The van der Waals surface area contributed by atoms with Crippen LogP contribution in [0.3, 0.4) is 0 Å². The third-order valence-electron chi connectivity index (χ3n) is 8.08. The first-order valence-electron chi connectivity index (χ1n) is 14.2. The zero-order valence-corrected chi connectivity index (χ0v) is 24.6. The number of hydrogen-bond acceptors (Lipinski definition) is 6. The molecule has 1 aliphatic carbocycles. The Morgan fingerprint density at radius 2 is 1.98 bits per heavy atom. The van der Waals surface area contributed by atoms with Crippen LogP contribution in [0.1, 0.15) is 44.0 Å². The number of carbonyl (C=O) groups is 2. The monoisotopic (exact) mass is 569 g/mol. The van der Waals surface area contributed by atoms with E-state index in [1.165, 1.54) is 17.7 Å². The normalized spacial score (nSPS) is 18.8. The molecular weight excluding hydrogens is 534 g/mol. The average Bonchev–Trinajstić information content (AvgIpc) is 3.42. The van der Waals surface area contributed by atoms with Crippen molar-refractivity contribution < 1.29 is 14.3 Å². The van der Waals surface area contributed by atoms with Crippen LogP contribution < -0.4 is 0 Å². The maximum atomic E-state index is 13.7. The number of amides is 2. The lowest BCUT2D eigenvalue weighted by molar-refractivity contribution is 0.0278. The average molecular weight is 570 g/mol. The summed E-state index contributed by atoms with van der Waals surface area (Å²) in [6, 6.07) is 10.6. The zero-order chi connectivity index (χ0) is 29.8. The van der Waals surface area contributed by atoms with Crippen molar-refractivity contribution in [3.63, 3.8) is 0 Å². The molecule has 2 fully saturated rings. The van der Waals surface area contributed by atoms with Crippen LogP contribution in [0.2, 0.25) is 0 Å². The van der Waals surface area contributed by atoms with Crippen LogP contribution in [-0.4, -0.2) is 78.7 Å². The maximum absolute atomic E-state index is 13.7. The maximum Gasteiger partial charge on any atom is 0.410 e. The van der Waals surface area contributed by atoms with Gasteiger partial charge >= 0.3 is 6.09 Å². The number of rotatable bonds is 6. The summed E-state index contributed by atoms with van der Waals surface area (Å²) in [4.78, 5) is 42.1. The molecule has 2 amide bonds. The highest BCUT2D eigenvalue weighted by atomic mass is 16.6. The van der Waals surface area contributed by atoms with Gasteiger partial charge in [-0.05, 0) is 81.5 Å². The summed E-state index contributed by atoms with van der Waals surface area (Å²) in [5.41, 5.74) is 12.5. The molecule has 0 N–H and O–H groups in total. The van der Waals surface area contributed by atoms with Crippen molar-refractivity contribution in [1.29, 1.82) is 0 Å². The molecule has 218 valence electrons. The van der Waals surface area contributed by atoms with E-state index in [4.69, 9.17) is 15.3 Å². The number of azide groups is 1. The van der Waals surface area contributed by atoms with Crippen LogP contribution in [0, 0.1) is 5.92 Å². The van der Waals surface area contributed by atoms with Gasteiger partial charge in [0.2, 0.25) is 0 Å². The molecule has 6 rings (SSSR count). The lowest BCUT2D eigenvalue weighted by Gasteiger charge is -2.27. The minimum absolute atomic E-state index is 0.174. The fraction of sp³-hybridized carbons (Fsp3) is 0.467. The second kappa shape index (κ2) is 10.4. The molecule has 1 aliphatic heterocycles. The number of fused-ring (bicyclic) bond motifs is 2. The number of aryl methyl sites for hydroxylation is 1. The summed E-state index contributed by atoms with van der Waals surface area (Å²) < 4.78 is 9.82. The van der Waals surface area contributed by atoms with E-state index < -0.39 is 23.8 Å². The minimum atomic E-state index is -0.662. The highest BCUT2D eigenvalue weighted by Crippen LogP contribution is 2.36. The van der Waals surface area contributed by atoms with Crippen molar-refractivity contribution >= 4 is 34.1 Å². The molecule has 0 bridgehead atoms. The van der Waals surface area contributed by atoms with Gasteiger partial charge in [0, 0.05) is 55.8 Å². The SMILES string of the molecule is CN(C(=O)c1ccc2c(c1)nc(-c1cc3cccnc3n1CC1CC1)n2C)[C@@H]1CN(C(=O)OC(C)(C)C)C[C@H]1N=[N+]=[N-]. The molecule has 1 saturated heterocycles. The van der Waals surface area contributed by atoms with Gasteiger partial charge in [-0.3, -0.25) is 4.79 Å². The second-order valence-electron chi connectivity index (χ2n) is 12.3. The Bertz CT molecular complexity index is 1740. The molecule has 1 saturated carbocycles. The fourth-order valence-corrected chi connectivity index (χ4v) is 5.74. The molecule has 2 aliphatic rings. The Hall–Kier alpha value is -4.57. The summed E-state index contributed by atoms with van der Waals surface area (Å²) >= 11 is 0. The van der Waals surface area contributed by atoms with Gasteiger partial charge in [0.15, 0.2) is 5.82 Å². The van der Waals surface area contributed by atoms with E-state index >= 15 is 0 Å². The lowest BCUT2D eigenvalue weighted by Crippen LogP contribution is -2.44. The van der Waals surface area contributed by atoms with Gasteiger partial charge in [-0.25, -0.2) is 14.8 Å². The Kier molecular flexibility index (Phi) is 6.81. The zero-order valence-electron chi connectivity index (χ0n) is 24.6. The Labute approximate surface area is 243 Å². The topological polar surface area (TPSA) is 134 Å². The minimum Gasteiger partial charge on any atom is -0.444 e. The summed E-state index contributed by atoms with van der Waals surface area (Å²) in [6.07, 6.45) is 3.78. The second-order valence-corrected chi connectivity index (χ2v) is 12.3. The molecule has 42 heavy (non-hydrogen) atoms. The highest BCUT2D eigenvalue weighted by Gasteiger charge is 2.40. The van der Waals surface area contributed by atoms with Crippen molar-refractivity contribution in [3.8, 4) is 11.5 Å². The number of imidazole rings is 1. The van der Waals surface area contributed by atoms with E-state index in [0.29, 0.717) is 17.0 Å². The van der Waals surface area contributed by atoms with E-state index in [-0.39, 0.29) is 19.0 Å². The summed E-state index contributed by atoms with van der Waals surface area (Å²) in [6.45, 7) is 6.66. The first kappa shape index (κ1) is 27.6. The summed E-state index contributed by atoms with van der Waals surface area (Å²) in [7, 11) is 3.65. The van der Waals surface area contributed by atoms with Crippen LogP contribution in [-0.2, 0) is 18.3 Å². The largest absolute Gasteiger partial charge is 0.444 e. The predicted octanol–water partition coefficient (Wildman–Crippen LogP) is 5.37. The number of likely N-dealkylation sites (tertiary alicyclic amines) is 1. The smallest absolute Gasteiger partial charge is 0.410 e. The fourth-order valence-electron chi connectivity index (χ4n) is 5.74. The molecule has 0 spiro atoms. The molecule has 12 heteroatoms. The lowest BCUT2D eigenvalue weighted by atomic mass is 10.1. The summed E-state index contributed by atoms with van der Waals surface area (Å²) in [5.74, 6) is 1.23. The number of likely N-dealkylation sites (N-methyl/N-ethyl adjacent to an activating group) is 1. The molecule has 4 aromatic rings. The first-order valence-corrected chi connectivity index (χ1v) is 14.2. The van der Waals surface area contributed by atoms with Crippen LogP contribution in [0.4, 0.5) is 4.79 Å². The quantitative estimate of drug-likeness (QED) is 0.175. The molecule has 4 heterocycles. The van der Waals surface area contributed by atoms with Gasteiger partial charge in [-0.1, -0.05) is 5.11 Å². The van der Waals surface area contributed by atoms with E-state index in [2.05, 4.69) is 36.3 Å². The first-order chi connectivity index (χ1) is 20.0. The number of ether oxygens (including phenoxy) is 1. The van der Waals surface area contributed by atoms with E-state index in [9.17, 15) is 9.59 Å². The summed E-state index contributed by atoms with van der Waals surface area (Å²) in [5, 5.41) is 4.97. The number of nitrogens with zero attached hydrogens (tertiary/aromatic N) is 9. The molecule has 0 radical (unpaired) electrons. The van der Waals surface area contributed by atoms with E-state index in [0.717, 1.165) is 34.6 Å². The Morgan fingerprint density at radius 1 is 1.19 bits per heavy atom. The molecule has 3 aromatic heterocycles. The van der Waals surface area contributed by atoms with Crippen molar-refractivity contribution in [2.75, 3.05) is 20.1 Å². The molecule has 1 aromatic carbocycles. The molecule has 2 atom stereocenters. The Morgan fingerprint density at radius 3 is 2.69 bits per heavy atom. The van der Waals surface area contributed by atoms with Crippen molar-refractivity contribution in [2.45, 2.75) is 57.8 Å². The standard InChI is InChI=1S/C30H35N9O3/c1-30(2,3)42-29(41)38-16-22(34-35-31)25(17-38)37(5)28(40)20-10-11-23-21(13-20)33-27(36(23)4)24-14-19-7-6-12-32-26(19)39(24)15-18-8-9-18/h6-7,10-14,18,22,25H,8-9,15-17H2,1-5H3/t22-,25-/m1/s1.